The standard InChI is InChI=1S/C11H14F3N/c1-8(15-2)10-6-4-3-5-9(10)7-11(12,13)14/h3-6,8,15H,7H2,1-2H3. The molecular weight excluding hydrogens is 203 g/mol. The van der Waals surface area contributed by atoms with Crippen molar-refractivity contribution in [1.82, 2.24) is 5.32 Å². The predicted octanol–water partition coefficient (Wildman–Crippen LogP) is 3.07. The zero-order chi connectivity index (χ0) is 11.5. The third-order valence-corrected chi connectivity index (χ3v) is 2.35. The van der Waals surface area contributed by atoms with Gasteiger partial charge >= 0.3 is 6.18 Å². The van der Waals surface area contributed by atoms with Gasteiger partial charge in [-0.15, -0.1) is 0 Å². The number of nitrogens with one attached hydrogen (secondary N) is 1. The van der Waals surface area contributed by atoms with Crippen molar-refractivity contribution in [1.29, 1.82) is 0 Å². The molecule has 4 heteroatoms. The second-order valence-corrected chi connectivity index (χ2v) is 3.50. The van der Waals surface area contributed by atoms with Crippen LogP contribution in [-0.4, -0.2) is 13.2 Å². The van der Waals surface area contributed by atoms with Crippen LogP contribution in [0.1, 0.15) is 24.1 Å². The summed E-state index contributed by atoms with van der Waals surface area (Å²) in [6, 6.07) is 6.57. The Morgan fingerprint density at radius 2 is 1.87 bits per heavy atom. The zero-order valence-electron chi connectivity index (χ0n) is 8.73. The third-order valence-electron chi connectivity index (χ3n) is 2.35. The number of rotatable bonds is 3. The highest BCUT2D eigenvalue weighted by atomic mass is 19.4. The molecule has 1 aromatic carbocycles. The van der Waals surface area contributed by atoms with Crippen LogP contribution in [0, 0.1) is 0 Å². The largest absolute Gasteiger partial charge is 0.393 e. The maximum Gasteiger partial charge on any atom is 0.393 e. The Morgan fingerprint density at radius 3 is 2.40 bits per heavy atom. The fraction of sp³-hybridized carbons (Fsp3) is 0.455. The second kappa shape index (κ2) is 4.66. The molecule has 0 saturated heterocycles. The van der Waals surface area contributed by atoms with E-state index in [4.69, 9.17) is 0 Å². The van der Waals surface area contributed by atoms with Gasteiger partial charge in [-0.25, -0.2) is 0 Å². The second-order valence-electron chi connectivity index (χ2n) is 3.50. The fourth-order valence-corrected chi connectivity index (χ4v) is 1.49. The molecular formula is C11H14F3N. The average Bonchev–Trinajstić information content (AvgIpc) is 2.15. The summed E-state index contributed by atoms with van der Waals surface area (Å²) in [4.78, 5) is 0. The molecule has 1 rings (SSSR count). The topological polar surface area (TPSA) is 12.0 Å². The lowest BCUT2D eigenvalue weighted by Crippen LogP contribution is -2.18. The summed E-state index contributed by atoms with van der Waals surface area (Å²) in [7, 11) is 1.73. The van der Waals surface area contributed by atoms with Gasteiger partial charge in [-0.2, -0.15) is 13.2 Å². The first-order valence-corrected chi connectivity index (χ1v) is 4.76. The highest BCUT2D eigenvalue weighted by Crippen LogP contribution is 2.26. The summed E-state index contributed by atoms with van der Waals surface area (Å²) in [6.45, 7) is 1.84. The molecule has 1 atom stereocenters. The van der Waals surface area contributed by atoms with Gasteiger partial charge in [-0.1, -0.05) is 24.3 Å². The van der Waals surface area contributed by atoms with Crippen molar-refractivity contribution in [2.75, 3.05) is 7.05 Å². The van der Waals surface area contributed by atoms with Gasteiger partial charge in [0.1, 0.15) is 0 Å². The Balaban J connectivity index is 2.96. The van der Waals surface area contributed by atoms with Crippen LogP contribution in [0.25, 0.3) is 0 Å². The molecule has 0 aromatic heterocycles. The number of halogens is 3. The van der Waals surface area contributed by atoms with E-state index in [0.717, 1.165) is 0 Å². The van der Waals surface area contributed by atoms with E-state index in [2.05, 4.69) is 5.32 Å². The molecule has 84 valence electrons. The van der Waals surface area contributed by atoms with Gasteiger partial charge in [-0.05, 0) is 25.1 Å². The molecule has 0 aliphatic heterocycles. The summed E-state index contributed by atoms with van der Waals surface area (Å²) in [5, 5.41) is 2.94. The van der Waals surface area contributed by atoms with E-state index >= 15 is 0 Å². The van der Waals surface area contributed by atoms with Crippen molar-refractivity contribution < 1.29 is 13.2 Å². The minimum Gasteiger partial charge on any atom is -0.313 e. The summed E-state index contributed by atoms with van der Waals surface area (Å²) in [6.07, 6.45) is -5.02. The Labute approximate surface area is 87.3 Å². The lowest BCUT2D eigenvalue weighted by Gasteiger charge is -2.16. The van der Waals surface area contributed by atoms with E-state index in [1.54, 1.807) is 25.2 Å². The van der Waals surface area contributed by atoms with Crippen molar-refractivity contribution >= 4 is 0 Å². The molecule has 0 radical (unpaired) electrons. The van der Waals surface area contributed by atoms with E-state index in [-0.39, 0.29) is 6.04 Å². The van der Waals surface area contributed by atoms with Crippen LogP contribution in [0.5, 0.6) is 0 Å². The van der Waals surface area contributed by atoms with E-state index in [1.807, 2.05) is 6.92 Å². The lowest BCUT2D eigenvalue weighted by atomic mass is 9.99. The summed E-state index contributed by atoms with van der Waals surface area (Å²) < 4.78 is 36.8. The number of hydrogen-bond acceptors (Lipinski definition) is 1. The molecule has 1 unspecified atom stereocenters. The molecule has 0 aliphatic carbocycles. The molecule has 1 aromatic rings. The van der Waals surface area contributed by atoms with Gasteiger partial charge in [0.2, 0.25) is 0 Å². The van der Waals surface area contributed by atoms with Crippen molar-refractivity contribution in [3.63, 3.8) is 0 Å². The first-order valence-electron chi connectivity index (χ1n) is 4.76. The molecule has 0 fully saturated rings. The Hall–Kier alpha value is -1.03. The van der Waals surface area contributed by atoms with Gasteiger partial charge in [0.25, 0.3) is 0 Å². The van der Waals surface area contributed by atoms with Gasteiger partial charge in [0, 0.05) is 6.04 Å². The average molecular weight is 217 g/mol. The summed E-state index contributed by atoms with van der Waals surface area (Å²) in [5.41, 5.74) is 1.05. The SMILES string of the molecule is CNC(C)c1ccccc1CC(F)(F)F. The highest BCUT2D eigenvalue weighted by Gasteiger charge is 2.29. The van der Waals surface area contributed by atoms with Crippen LogP contribution in [0.3, 0.4) is 0 Å². The van der Waals surface area contributed by atoms with Crippen LogP contribution in [0.2, 0.25) is 0 Å². The molecule has 0 amide bonds. The summed E-state index contributed by atoms with van der Waals surface area (Å²) >= 11 is 0. The van der Waals surface area contributed by atoms with Crippen LogP contribution in [0.15, 0.2) is 24.3 Å². The van der Waals surface area contributed by atoms with Crippen LogP contribution >= 0.6 is 0 Å². The molecule has 0 aliphatic rings. The van der Waals surface area contributed by atoms with E-state index in [0.29, 0.717) is 11.1 Å². The number of alkyl halides is 3. The number of hydrogen-bond donors (Lipinski definition) is 1. The monoisotopic (exact) mass is 217 g/mol. The molecule has 0 bridgehead atoms. The smallest absolute Gasteiger partial charge is 0.313 e. The van der Waals surface area contributed by atoms with Crippen molar-refractivity contribution in [2.45, 2.75) is 25.6 Å². The molecule has 0 heterocycles. The first kappa shape index (κ1) is 12.0. The molecule has 15 heavy (non-hydrogen) atoms. The lowest BCUT2D eigenvalue weighted by molar-refractivity contribution is -0.127. The fourth-order valence-electron chi connectivity index (χ4n) is 1.49. The third kappa shape index (κ3) is 3.55. The van der Waals surface area contributed by atoms with E-state index in [1.165, 1.54) is 6.07 Å². The van der Waals surface area contributed by atoms with Crippen molar-refractivity contribution in [3.8, 4) is 0 Å². The molecule has 1 nitrogen and oxygen atoms in total. The van der Waals surface area contributed by atoms with Crippen LogP contribution in [0.4, 0.5) is 13.2 Å². The highest BCUT2D eigenvalue weighted by molar-refractivity contribution is 5.30. The van der Waals surface area contributed by atoms with Crippen LogP contribution < -0.4 is 5.32 Å². The zero-order valence-corrected chi connectivity index (χ0v) is 8.73. The van der Waals surface area contributed by atoms with Crippen molar-refractivity contribution in [3.05, 3.63) is 35.4 Å². The van der Waals surface area contributed by atoms with E-state index in [9.17, 15) is 13.2 Å². The predicted molar refractivity (Wildman–Crippen MR) is 53.7 cm³/mol. The first-order chi connectivity index (χ1) is 6.94. The quantitative estimate of drug-likeness (QED) is 0.820. The maximum atomic E-state index is 12.3. The van der Waals surface area contributed by atoms with Gasteiger partial charge in [-0.3, -0.25) is 0 Å². The van der Waals surface area contributed by atoms with Gasteiger partial charge < -0.3 is 5.32 Å². The minimum atomic E-state index is -4.15. The minimum absolute atomic E-state index is 0.0662. The molecule has 0 saturated carbocycles. The normalized spacial score (nSPS) is 13.9. The maximum absolute atomic E-state index is 12.3. The van der Waals surface area contributed by atoms with Crippen LogP contribution in [-0.2, 0) is 6.42 Å². The van der Waals surface area contributed by atoms with Crippen molar-refractivity contribution in [2.24, 2.45) is 0 Å². The van der Waals surface area contributed by atoms with E-state index < -0.39 is 12.6 Å². The Kier molecular flexibility index (Phi) is 3.74. The summed E-state index contributed by atoms with van der Waals surface area (Å²) in [5.74, 6) is 0. The number of benzene rings is 1. The molecule has 1 N–H and O–H groups in total. The Bertz CT molecular complexity index is 320. The molecule has 0 spiro atoms. The van der Waals surface area contributed by atoms with Gasteiger partial charge in [0.05, 0.1) is 6.42 Å². The van der Waals surface area contributed by atoms with Gasteiger partial charge in [0.15, 0.2) is 0 Å². The Morgan fingerprint density at radius 1 is 1.27 bits per heavy atom.